The van der Waals surface area contributed by atoms with Crippen molar-refractivity contribution in [3.63, 3.8) is 0 Å². The van der Waals surface area contributed by atoms with Gasteiger partial charge in [0.1, 0.15) is 10.6 Å². The standard InChI is InChI=1S/C21H21ClN4O4S/c1-30-19-7-5-15(18-6-8-21(27)24-23-18)13-20(19)31(28,29)26-11-9-25(10-12-26)17-4-2-3-16(22)14-17/h2-8,13-14H,9-12H2,1H3,(H,24,27). The molecule has 0 spiro atoms. The number of anilines is 1. The molecule has 31 heavy (non-hydrogen) atoms. The van der Waals surface area contributed by atoms with Crippen molar-refractivity contribution >= 4 is 27.3 Å². The van der Waals surface area contributed by atoms with E-state index in [-0.39, 0.29) is 16.2 Å². The lowest BCUT2D eigenvalue weighted by molar-refractivity contribution is 0.374. The lowest BCUT2D eigenvalue weighted by Gasteiger charge is -2.35. The highest BCUT2D eigenvalue weighted by atomic mass is 35.5. The first-order valence-corrected chi connectivity index (χ1v) is 11.4. The second kappa shape index (κ2) is 8.70. The third kappa shape index (κ3) is 4.43. The molecule has 1 saturated heterocycles. The fourth-order valence-corrected chi connectivity index (χ4v) is 5.33. The van der Waals surface area contributed by atoms with E-state index in [0.717, 1.165) is 5.69 Å². The van der Waals surface area contributed by atoms with Crippen LogP contribution in [0.3, 0.4) is 0 Å². The molecule has 3 aromatic rings. The monoisotopic (exact) mass is 460 g/mol. The maximum Gasteiger partial charge on any atom is 0.264 e. The third-order valence-electron chi connectivity index (χ3n) is 5.17. The van der Waals surface area contributed by atoms with Crippen molar-refractivity contribution in [3.8, 4) is 17.0 Å². The van der Waals surface area contributed by atoms with Gasteiger partial charge in [-0.2, -0.15) is 9.40 Å². The van der Waals surface area contributed by atoms with E-state index < -0.39 is 10.0 Å². The zero-order valence-corrected chi connectivity index (χ0v) is 18.4. The predicted octanol–water partition coefficient (Wildman–Crippen LogP) is 2.61. The van der Waals surface area contributed by atoms with Crippen LogP contribution in [-0.4, -0.2) is 56.2 Å². The fraction of sp³-hybridized carbons (Fsp3) is 0.238. The summed E-state index contributed by atoms with van der Waals surface area (Å²) >= 11 is 6.08. The number of benzene rings is 2. The van der Waals surface area contributed by atoms with Crippen LogP contribution in [0.15, 0.2) is 64.3 Å². The van der Waals surface area contributed by atoms with E-state index in [2.05, 4.69) is 15.1 Å². The molecule has 0 aliphatic carbocycles. The number of halogens is 1. The number of rotatable bonds is 5. The van der Waals surface area contributed by atoms with Crippen LogP contribution in [0.2, 0.25) is 5.02 Å². The van der Waals surface area contributed by atoms with Crippen molar-refractivity contribution in [3.05, 3.63) is 70.0 Å². The summed E-state index contributed by atoms with van der Waals surface area (Å²) in [5.74, 6) is 0.255. The normalized spacial score (nSPS) is 15.1. The van der Waals surface area contributed by atoms with E-state index in [9.17, 15) is 13.2 Å². The molecule has 0 bridgehead atoms. The summed E-state index contributed by atoms with van der Waals surface area (Å²) in [6.45, 7) is 1.75. The minimum absolute atomic E-state index is 0.0664. The van der Waals surface area contributed by atoms with E-state index in [1.165, 1.54) is 23.5 Å². The van der Waals surface area contributed by atoms with Crippen molar-refractivity contribution in [2.75, 3.05) is 38.2 Å². The number of aromatic amines is 1. The predicted molar refractivity (Wildman–Crippen MR) is 119 cm³/mol. The second-order valence-electron chi connectivity index (χ2n) is 7.04. The summed E-state index contributed by atoms with van der Waals surface area (Å²) < 4.78 is 33.6. The Labute approximate surface area is 185 Å². The lowest BCUT2D eigenvalue weighted by Crippen LogP contribution is -2.48. The van der Waals surface area contributed by atoms with Gasteiger partial charge < -0.3 is 9.64 Å². The van der Waals surface area contributed by atoms with Crippen LogP contribution in [0.25, 0.3) is 11.3 Å². The zero-order valence-electron chi connectivity index (χ0n) is 16.8. The number of piperazine rings is 1. The summed E-state index contributed by atoms with van der Waals surface area (Å²) in [6.07, 6.45) is 0. The molecular formula is C21H21ClN4O4S. The van der Waals surface area contributed by atoms with Gasteiger partial charge in [0.05, 0.1) is 12.8 Å². The fourth-order valence-electron chi connectivity index (χ4n) is 3.54. The van der Waals surface area contributed by atoms with Crippen LogP contribution in [-0.2, 0) is 10.0 Å². The number of hydrogen-bond acceptors (Lipinski definition) is 6. The average molecular weight is 461 g/mol. The first-order chi connectivity index (χ1) is 14.9. The van der Waals surface area contributed by atoms with Crippen molar-refractivity contribution in [1.29, 1.82) is 0 Å². The summed E-state index contributed by atoms with van der Waals surface area (Å²) in [4.78, 5) is 13.5. The molecular weight excluding hydrogens is 440 g/mol. The smallest absolute Gasteiger partial charge is 0.264 e. The molecule has 0 saturated carbocycles. The lowest BCUT2D eigenvalue weighted by atomic mass is 10.1. The van der Waals surface area contributed by atoms with E-state index in [1.807, 2.05) is 24.3 Å². The molecule has 1 aromatic heterocycles. The van der Waals surface area contributed by atoms with Crippen molar-refractivity contribution in [2.45, 2.75) is 4.90 Å². The average Bonchev–Trinajstić information content (AvgIpc) is 2.79. The van der Waals surface area contributed by atoms with E-state index in [4.69, 9.17) is 16.3 Å². The summed E-state index contributed by atoms with van der Waals surface area (Å²) in [5, 5.41) is 6.99. The van der Waals surface area contributed by atoms with E-state index in [0.29, 0.717) is 42.5 Å². The third-order valence-corrected chi connectivity index (χ3v) is 7.32. The van der Waals surface area contributed by atoms with Gasteiger partial charge in [-0.1, -0.05) is 17.7 Å². The maximum absolute atomic E-state index is 13.4. The number of nitrogens with zero attached hydrogens (tertiary/aromatic N) is 3. The Balaban J connectivity index is 1.60. The van der Waals surface area contributed by atoms with Gasteiger partial charge in [0.15, 0.2) is 0 Å². The topological polar surface area (TPSA) is 95.6 Å². The number of methoxy groups -OCH3 is 1. The SMILES string of the molecule is COc1ccc(-c2ccc(=O)[nH]n2)cc1S(=O)(=O)N1CCN(c2cccc(Cl)c2)CC1. The van der Waals surface area contributed by atoms with Crippen LogP contribution in [0, 0.1) is 0 Å². The van der Waals surface area contributed by atoms with Crippen LogP contribution >= 0.6 is 11.6 Å². The highest BCUT2D eigenvalue weighted by Gasteiger charge is 2.31. The minimum Gasteiger partial charge on any atom is -0.495 e. The summed E-state index contributed by atoms with van der Waals surface area (Å²) in [5.41, 5.74) is 1.66. The number of sulfonamides is 1. The van der Waals surface area contributed by atoms with Gasteiger partial charge in [0.25, 0.3) is 5.56 Å². The van der Waals surface area contributed by atoms with Gasteiger partial charge in [-0.15, -0.1) is 0 Å². The Bertz CT molecular complexity index is 1230. The summed E-state index contributed by atoms with van der Waals surface area (Å²) in [7, 11) is -2.37. The largest absolute Gasteiger partial charge is 0.495 e. The molecule has 4 rings (SSSR count). The van der Waals surface area contributed by atoms with Gasteiger partial charge in [0, 0.05) is 48.5 Å². The van der Waals surface area contributed by atoms with Gasteiger partial charge in [-0.3, -0.25) is 4.79 Å². The van der Waals surface area contributed by atoms with Crippen molar-refractivity contribution in [2.24, 2.45) is 0 Å². The first kappa shape index (κ1) is 21.4. The zero-order chi connectivity index (χ0) is 22.0. The molecule has 1 fully saturated rings. The van der Waals surface area contributed by atoms with Gasteiger partial charge in [0.2, 0.25) is 10.0 Å². The van der Waals surface area contributed by atoms with Crippen LogP contribution in [0.1, 0.15) is 0 Å². The quantitative estimate of drug-likeness (QED) is 0.628. The maximum atomic E-state index is 13.4. The van der Waals surface area contributed by atoms with E-state index in [1.54, 1.807) is 18.2 Å². The Morgan fingerprint density at radius 2 is 1.81 bits per heavy atom. The number of aromatic nitrogens is 2. The summed E-state index contributed by atoms with van der Waals surface area (Å²) in [6, 6.07) is 15.2. The molecule has 0 radical (unpaired) electrons. The van der Waals surface area contributed by atoms with Gasteiger partial charge in [-0.05, 0) is 42.5 Å². The molecule has 10 heteroatoms. The highest BCUT2D eigenvalue weighted by molar-refractivity contribution is 7.89. The molecule has 2 heterocycles. The first-order valence-electron chi connectivity index (χ1n) is 9.63. The number of ether oxygens (including phenoxy) is 1. The molecule has 1 aliphatic heterocycles. The molecule has 0 atom stereocenters. The van der Waals surface area contributed by atoms with E-state index >= 15 is 0 Å². The molecule has 2 aromatic carbocycles. The van der Waals surface area contributed by atoms with Gasteiger partial charge in [-0.25, -0.2) is 13.5 Å². The highest BCUT2D eigenvalue weighted by Crippen LogP contribution is 2.32. The Kier molecular flexibility index (Phi) is 5.99. The molecule has 1 aliphatic rings. The Hall–Kier alpha value is -2.88. The Morgan fingerprint density at radius 3 is 2.45 bits per heavy atom. The van der Waals surface area contributed by atoms with Crippen LogP contribution < -0.4 is 15.2 Å². The number of nitrogens with one attached hydrogen (secondary N) is 1. The Morgan fingerprint density at radius 1 is 1.03 bits per heavy atom. The second-order valence-corrected chi connectivity index (χ2v) is 9.39. The number of hydrogen-bond donors (Lipinski definition) is 1. The van der Waals surface area contributed by atoms with Crippen molar-refractivity contribution < 1.29 is 13.2 Å². The van der Waals surface area contributed by atoms with Crippen LogP contribution in [0.4, 0.5) is 5.69 Å². The number of H-pyrrole nitrogens is 1. The molecule has 1 N–H and O–H groups in total. The van der Waals surface area contributed by atoms with Crippen LogP contribution in [0.5, 0.6) is 5.75 Å². The van der Waals surface area contributed by atoms with Gasteiger partial charge >= 0.3 is 0 Å². The minimum atomic E-state index is -3.80. The molecule has 162 valence electrons. The molecule has 0 amide bonds. The van der Waals surface area contributed by atoms with Crippen molar-refractivity contribution in [1.82, 2.24) is 14.5 Å². The molecule has 0 unspecified atom stereocenters. The molecule has 8 nitrogen and oxygen atoms in total.